The molecule has 1 heterocycles. The van der Waals surface area contributed by atoms with E-state index in [-0.39, 0.29) is 11.3 Å². The average Bonchev–Trinajstić information content (AvgIpc) is 2.68. The lowest BCUT2D eigenvalue weighted by Crippen LogP contribution is -2.37. The number of ether oxygens (including phenoxy) is 1. The van der Waals surface area contributed by atoms with E-state index >= 15 is 0 Å². The molecule has 0 radical (unpaired) electrons. The highest BCUT2D eigenvalue weighted by Crippen LogP contribution is 2.23. The molecule has 0 aliphatic heterocycles. The second-order valence-electron chi connectivity index (χ2n) is 6.27. The molecule has 3 amide bonds. The number of carbonyl (C=O) groups excluding carboxylic acids is 3. The Bertz CT molecular complexity index is 1110. The average molecular weight is 395 g/mol. The first-order valence-electron chi connectivity index (χ1n) is 8.75. The van der Waals surface area contributed by atoms with Crippen molar-refractivity contribution in [1.82, 2.24) is 10.3 Å². The summed E-state index contributed by atoms with van der Waals surface area (Å²) in [6.07, 6.45) is 0. The van der Waals surface area contributed by atoms with Crippen LogP contribution in [0.5, 0.6) is 0 Å². The number of carbonyl (C=O) groups is 3. The van der Waals surface area contributed by atoms with Crippen molar-refractivity contribution >= 4 is 34.5 Å². The van der Waals surface area contributed by atoms with Crippen molar-refractivity contribution in [3.05, 3.63) is 71.2 Å². The fourth-order valence-corrected chi connectivity index (χ4v) is 2.91. The van der Waals surface area contributed by atoms with E-state index in [0.29, 0.717) is 11.3 Å². The van der Waals surface area contributed by atoms with Crippen molar-refractivity contribution in [2.24, 2.45) is 0 Å². The number of nitrogens with zero attached hydrogens (tertiary/aromatic N) is 1. The van der Waals surface area contributed by atoms with Gasteiger partial charge in [0.2, 0.25) is 0 Å². The molecular formula is C21H18FN3O4. The zero-order valence-electron chi connectivity index (χ0n) is 15.8. The number of anilines is 1. The van der Waals surface area contributed by atoms with Gasteiger partial charge in [0.15, 0.2) is 6.61 Å². The van der Waals surface area contributed by atoms with Crippen LogP contribution < -0.4 is 10.6 Å². The number of esters is 1. The number of aryl methyl sites for hydroxylation is 2. The zero-order valence-corrected chi connectivity index (χ0v) is 15.8. The van der Waals surface area contributed by atoms with Gasteiger partial charge in [-0.2, -0.15) is 0 Å². The third-order valence-electron chi connectivity index (χ3n) is 4.25. The molecule has 0 spiro atoms. The Morgan fingerprint density at radius 1 is 1.03 bits per heavy atom. The third-order valence-corrected chi connectivity index (χ3v) is 4.25. The van der Waals surface area contributed by atoms with E-state index < -0.39 is 30.3 Å². The Labute approximate surface area is 165 Å². The molecule has 1 aromatic heterocycles. The number of fused-ring (bicyclic) bond motifs is 1. The van der Waals surface area contributed by atoms with E-state index in [1.165, 1.54) is 24.3 Å². The van der Waals surface area contributed by atoms with Crippen LogP contribution in [0.15, 0.2) is 48.5 Å². The highest BCUT2D eigenvalue weighted by Gasteiger charge is 2.19. The maximum absolute atomic E-state index is 13.5. The smallest absolute Gasteiger partial charge is 0.340 e. The maximum Gasteiger partial charge on any atom is 0.340 e. The van der Waals surface area contributed by atoms with Gasteiger partial charge in [-0.05, 0) is 37.6 Å². The summed E-state index contributed by atoms with van der Waals surface area (Å²) in [5.74, 6) is -2.21. The molecule has 0 fully saturated rings. The molecule has 2 aromatic carbocycles. The Morgan fingerprint density at radius 2 is 1.72 bits per heavy atom. The lowest BCUT2D eigenvalue weighted by Gasteiger charge is -2.12. The molecule has 3 rings (SSSR count). The SMILES string of the molecule is Cc1nc2ccccc2c(C)c1C(=O)OCC(=O)NC(=O)Nc1ccccc1F. The Hall–Kier alpha value is -3.81. The lowest BCUT2D eigenvalue weighted by molar-refractivity contribution is -0.123. The molecule has 0 aliphatic carbocycles. The summed E-state index contributed by atoms with van der Waals surface area (Å²) in [6, 6.07) is 11.9. The number of imide groups is 1. The standard InChI is InChI=1S/C21H18FN3O4/c1-12-14-7-3-5-9-16(14)23-13(2)19(12)20(27)29-11-18(26)25-21(28)24-17-10-6-4-8-15(17)22/h3-10H,11H2,1-2H3,(H2,24,25,26,28). The highest BCUT2D eigenvalue weighted by molar-refractivity contribution is 6.03. The van der Waals surface area contributed by atoms with Crippen molar-refractivity contribution in [3.8, 4) is 0 Å². The van der Waals surface area contributed by atoms with Gasteiger partial charge in [-0.1, -0.05) is 30.3 Å². The van der Waals surface area contributed by atoms with Gasteiger partial charge < -0.3 is 10.1 Å². The van der Waals surface area contributed by atoms with Crippen LogP contribution in [0.3, 0.4) is 0 Å². The van der Waals surface area contributed by atoms with Crippen LogP contribution in [0.1, 0.15) is 21.6 Å². The van der Waals surface area contributed by atoms with Gasteiger partial charge in [-0.3, -0.25) is 15.1 Å². The second kappa shape index (κ2) is 8.47. The van der Waals surface area contributed by atoms with Crippen molar-refractivity contribution < 1.29 is 23.5 Å². The first-order valence-corrected chi connectivity index (χ1v) is 8.75. The van der Waals surface area contributed by atoms with Gasteiger partial charge in [-0.15, -0.1) is 0 Å². The molecule has 2 N–H and O–H groups in total. The van der Waals surface area contributed by atoms with E-state index in [1.54, 1.807) is 13.8 Å². The first kappa shape index (κ1) is 19.9. The van der Waals surface area contributed by atoms with Gasteiger partial charge >= 0.3 is 12.0 Å². The largest absolute Gasteiger partial charge is 0.452 e. The molecular weight excluding hydrogens is 377 g/mol. The number of para-hydroxylation sites is 2. The number of benzene rings is 2. The van der Waals surface area contributed by atoms with E-state index in [2.05, 4.69) is 10.3 Å². The van der Waals surface area contributed by atoms with Crippen LogP contribution in [0, 0.1) is 19.7 Å². The lowest BCUT2D eigenvalue weighted by atomic mass is 10.0. The Morgan fingerprint density at radius 3 is 2.48 bits per heavy atom. The summed E-state index contributed by atoms with van der Waals surface area (Å²) >= 11 is 0. The van der Waals surface area contributed by atoms with Gasteiger partial charge in [0.1, 0.15) is 5.82 Å². The number of rotatable bonds is 4. The predicted octanol–water partition coefficient (Wildman–Crippen LogP) is 3.50. The number of urea groups is 1. The molecule has 0 aliphatic rings. The second-order valence-corrected chi connectivity index (χ2v) is 6.27. The fourth-order valence-electron chi connectivity index (χ4n) is 2.91. The van der Waals surface area contributed by atoms with Crippen LogP contribution in [0.25, 0.3) is 10.9 Å². The van der Waals surface area contributed by atoms with Gasteiger partial charge in [0.25, 0.3) is 5.91 Å². The van der Waals surface area contributed by atoms with Gasteiger partial charge in [0.05, 0.1) is 22.5 Å². The van der Waals surface area contributed by atoms with Crippen LogP contribution in [0.4, 0.5) is 14.9 Å². The van der Waals surface area contributed by atoms with Crippen molar-refractivity contribution in [2.45, 2.75) is 13.8 Å². The molecule has 148 valence electrons. The first-order chi connectivity index (χ1) is 13.9. The summed E-state index contributed by atoms with van der Waals surface area (Å²) in [4.78, 5) is 40.5. The van der Waals surface area contributed by atoms with E-state index in [0.717, 1.165) is 10.9 Å². The number of halogens is 1. The van der Waals surface area contributed by atoms with Crippen molar-refractivity contribution in [3.63, 3.8) is 0 Å². The number of amides is 3. The number of nitrogens with one attached hydrogen (secondary N) is 2. The molecule has 7 nitrogen and oxygen atoms in total. The Balaban J connectivity index is 1.62. The quantitative estimate of drug-likeness (QED) is 0.659. The maximum atomic E-state index is 13.5. The monoisotopic (exact) mass is 395 g/mol. The molecule has 29 heavy (non-hydrogen) atoms. The Kier molecular flexibility index (Phi) is 5.82. The molecule has 3 aromatic rings. The number of hydrogen-bond donors (Lipinski definition) is 2. The van der Waals surface area contributed by atoms with Crippen molar-refractivity contribution in [2.75, 3.05) is 11.9 Å². The summed E-state index contributed by atoms with van der Waals surface area (Å²) < 4.78 is 18.5. The zero-order chi connectivity index (χ0) is 21.0. The molecule has 0 saturated carbocycles. The minimum absolute atomic E-state index is 0.0803. The summed E-state index contributed by atoms with van der Waals surface area (Å²) in [5.41, 5.74) is 2.11. The van der Waals surface area contributed by atoms with Crippen LogP contribution in [-0.2, 0) is 9.53 Å². The van der Waals surface area contributed by atoms with Gasteiger partial charge in [0, 0.05) is 5.39 Å². The molecule has 0 bridgehead atoms. The number of aromatic nitrogens is 1. The molecule has 0 unspecified atom stereocenters. The predicted molar refractivity (Wildman–Crippen MR) is 105 cm³/mol. The molecule has 0 atom stereocenters. The summed E-state index contributed by atoms with van der Waals surface area (Å²) in [7, 11) is 0. The molecule has 0 saturated heterocycles. The van der Waals surface area contributed by atoms with Gasteiger partial charge in [-0.25, -0.2) is 14.0 Å². The van der Waals surface area contributed by atoms with Crippen molar-refractivity contribution in [1.29, 1.82) is 0 Å². The molecule has 8 heteroatoms. The summed E-state index contributed by atoms with van der Waals surface area (Å²) in [6.45, 7) is 2.78. The summed E-state index contributed by atoms with van der Waals surface area (Å²) in [5, 5.41) is 4.98. The topological polar surface area (TPSA) is 97.4 Å². The highest BCUT2D eigenvalue weighted by atomic mass is 19.1. The van der Waals surface area contributed by atoms with E-state index in [1.807, 2.05) is 29.6 Å². The fraction of sp³-hybridized carbons (Fsp3) is 0.143. The van der Waals surface area contributed by atoms with Crippen LogP contribution >= 0.6 is 0 Å². The minimum atomic E-state index is -0.934. The minimum Gasteiger partial charge on any atom is -0.452 e. The van der Waals surface area contributed by atoms with E-state index in [4.69, 9.17) is 4.74 Å². The number of hydrogen-bond acceptors (Lipinski definition) is 5. The van der Waals surface area contributed by atoms with E-state index in [9.17, 15) is 18.8 Å². The normalized spacial score (nSPS) is 10.4. The third kappa shape index (κ3) is 4.55. The number of pyridine rings is 1. The van der Waals surface area contributed by atoms with Crippen LogP contribution in [-0.4, -0.2) is 29.5 Å². The van der Waals surface area contributed by atoms with Crippen LogP contribution in [0.2, 0.25) is 0 Å².